The van der Waals surface area contributed by atoms with Crippen LogP contribution in [0.3, 0.4) is 0 Å². The Kier molecular flexibility index (Phi) is 11.0. The second kappa shape index (κ2) is 11.9. The normalized spacial score (nSPS) is 13.6. The summed E-state index contributed by atoms with van der Waals surface area (Å²) >= 11 is 0. The van der Waals surface area contributed by atoms with Crippen LogP contribution in [0.15, 0.2) is 24.3 Å². The van der Waals surface area contributed by atoms with Gasteiger partial charge in [-0.25, -0.2) is 0 Å². The van der Waals surface area contributed by atoms with Gasteiger partial charge in [-0.05, 0) is 25.7 Å². The molecule has 0 heterocycles. The number of hydrogen-bond acceptors (Lipinski definition) is 4. The zero-order valence-electron chi connectivity index (χ0n) is 14.9. The van der Waals surface area contributed by atoms with Crippen LogP contribution in [-0.2, 0) is 14.3 Å². The number of ether oxygens (including phenoxy) is 1. The number of aliphatic carboxylic acids is 1. The van der Waals surface area contributed by atoms with Gasteiger partial charge in [-0.2, -0.15) is 0 Å². The summed E-state index contributed by atoms with van der Waals surface area (Å²) in [6.07, 6.45) is 11.2. The van der Waals surface area contributed by atoms with Crippen molar-refractivity contribution >= 4 is 11.9 Å². The third-order valence-corrected chi connectivity index (χ3v) is 3.06. The summed E-state index contributed by atoms with van der Waals surface area (Å²) in [5.74, 6) is -1.53. The van der Waals surface area contributed by atoms with Gasteiger partial charge in [0, 0.05) is 18.8 Å². The summed E-state index contributed by atoms with van der Waals surface area (Å²) in [5, 5.41) is 10.8. The molecule has 0 aliphatic heterocycles. The van der Waals surface area contributed by atoms with Gasteiger partial charge in [0.25, 0.3) is 0 Å². The first kappa shape index (κ1) is 21.4. The van der Waals surface area contributed by atoms with Gasteiger partial charge in [0.2, 0.25) is 0 Å². The Morgan fingerprint density at radius 3 is 2.35 bits per heavy atom. The van der Waals surface area contributed by atoms with Crippen molar-refractivity contribution in [2.24, 2.45) is 0 Å². The molecular weight excluding hydrogens is 294 g/mol. The van der Waals surface area contributed by atoms with Crippen molar-refractivity contribution in [2.45, 2.75) is 51.6 Å². The highest BCUT2D eigenvalue weighted by atomic mass is 16.5. The first-order chi connectivity index (χ1) is 10.7. The standard InChI is InChI=1S/C18H31NO4/c1-5-6-7-8-9-10-11-12-13-18(22)23-16(14-17(20)21)15-19(2,3)4/h6-9,16H,5,10-15H2,1-4H3/b7-6+,9-8+. The van der Waals surface area contributed by atoms with E-state index >= 15 is 0 Å². The number of esters is 1. The Balaban J connectivity index is 4.05. The average Bonchev–Trinajstić information content (AvgIpc) is 2.39. The van der Waals surface area contributed by atoms with Gasteiger partial charge in [-0.15, -0.1) is 0 Å². The number of rotatable bonds is 12. The van der Waals surface area contributed by atoms with Crippen molar-refractivity contribution in [2.75, 3.05) is 27.7 Å². The van der Waals surface area contributed by atoms with Crippen LogP contribution in [0.25, 0.3) is 0 Å². The lowest BCUT2D eigenvalue weighted by molar-refractivity contribution is -0.873. The molecule has 0 saturated carbocycles. The van der Waals surface area contributed by atoms with E-state index in [0.717, 1.165) is 25.7 Å². The highest BCUT2D eigenvalue weighted by Crippen LogP contribution is 2.08. The lowest BCUT2D eigenvalue weighted by Gasteiger charge is -2.29. The van der Waals surface area contributed by atoms with Crippen LogP contribution in [0, 0.1) is 0 Å². The zero-order valence-corrected chi connectivity index (χ0v) is 14.9. The van der Waals surface area contributed by atoms with E-state index in [4.69, 9.17) is 4.74 Å². The van der Waals surface area contributed by atoms with E-state index in [1.165, 1.54) is 0 Å². The summed E-state index contributed by atoms with van der Waals surface area (Å²) in [5.41, 5.74) is 0. The molecule has 0 saturated heterocycles. The Morgan fingerprint density at radius 2 is 1.78 bits per heavy atom. The van der Waals surface area contributed by atoms with Crippen LogP contribution in [0.2, 0.25) is 0 Å². The monoisotopic (exact) mass is 325 g/mol. The van der Waals surface area contributed by atoms with Gasteiger partial charge < -0.3 is 19.1 Å². The minimum atomic E-state index is -1.19. The SMILES string of the molecule is CC/C=C/C=C/CCCCC(=O)OC(CC(=O)[O-])C[N+](C)(C)C. The van der Waals surface area contributed by atoms with Crippen LogP contribution in [-0.4, -0.2) is 50.2 Å². The molecule has 0 aromatic carbocycles. The first-order valence-electron chi connectivity index (χ1n) is 8.26. The Morgan fingerprint density at radius 1 is 1.13 bits per heavy atom. The molecule has 0 rings (SSSR count). The van der Waals surface area contributed by atoms with E-state index in [2.05, 4.69) is 19.1 Å². The number of quaternary nitrogens is 1. The Hall–Kier alpha value is -1.62. The molecule has 0 aromatic heterocycles. The molecule has 1 atom stereocenters. The highest BCUT2D eigenvalue weighted by molar-refractivity contribution is 5.70. The molecule has 5 heteroatoms. The van der Waals surface area contributed by atoms with Crippen LogP contribution in [0.4, 0.5) is 0 Å². The van der Waals surface area contributed by atoms with E-state index < -0.39 is 12.1 Å². The topological polar surface area (TPSA) is 66.4 Å². The van der Waals surface area contributed by atoms with Crippen molar-refractivity contribution in [3.63, 3.8) is 0 Å². The summed E-state index contributed by atoms with van der Waals surface area (Å²) in [6, 6.07) is 0. The highest BCUT2D eigenvalue weighted by Gasteiger charge is 2.22. The average molecular weight is 325 g/mol. The third-order valence-electron chi connectivity index (χ3n) is 3.06. The van der Waals surface area contributed by atoms with Gasteiger partial charge >= 0.3 is 5.97 Å². The fourth-order valence-corrected chi connectivity index (χ4v) is 2.11. The quantitative estimate of drug-likeness (QED) is 0.238. The molecule has 0 radical (unpaired) electrons. The van der Waals surface area contributed by atoms with Crippen LogP contribution >= 0.6 is 0 Å². The molecule has 0 N–H and O–H groups in total. The summed E-state index contributed by atoms with van der Waals surface area (Å²) in [4.78, 5) is 22.6. The molecule has 0 bridgehead atoms. The van der Waals surface area contributed by atoms with Crippen molar-refractivity contribution in [3.8, 4) is 0 Å². The molecule has 0 fully saturated rings. The molecule has 0 amide bonds. The number of hydrogen-bond donors (Lipinski definition) is 0. The van der Waals surface area contributed by atoms with Crippen LogP contribution in [0.5, 0.6) is 0 Å². The van der Waals surface area contributed by atoms with Gasteiger partial charge in [0.15, 0.2) is 6.10 Å². The largest absolute Gasteiger partial charge is 0.550 e. The number of carbonyl (C=O) groups excluding carboxylic acids is 2. The second-order valence-electron chi connectivity index (χ2n) is 6.67. The van der Waals surface area contributed by atoms with Crippen molar-refractivity contribution in [3.05, 3.63) is 24.3 Å². The van der Waals surface area contributed by atoms with Gasteiger partial charge in [-0.1, -0.05) is 31.2 Å². The lowest BCUT2D eigenvalue weighted by Crippen LogP contribution is -2.45. The number of carbonyl (C=O) groups is 2. The zero-order chi connectivity index (χ0) is 17.7. The van der Waals surface area contributed by atoms with Gasteiger partial charge in [-0.3, -0.25) is 4.79 Å². The summed E-state index contributed by atoms with van der Waals surface area (Å²) < 4.78 is 5.82. The Labute approximate surface area is 140 Å². The number of unbranched alkanes of at least 4 members (excludes halogenated alkanes) is 2. The summed E-state index contributed by atoms with van der Waals surface area (Å²) in [6.45, 7) is 2.54. The minimum absolute atomic E-state index is 0.256. The number of nitrogens with zero attached hydrogens (tertiary/aromatic N) is 1. The lowest BCUT2D eigenvalue weighted by atomic mass is 10.2. The fourth-order valence-electron chi connectivity index (χ4n) is 2.11. The number of carboxylic acids is 1. The fraction of sp³-hybridized carbons (Fsp3) is 0.667. The van der Waals surface area contributed by atoms with E-state index in [0.29, 0.717) is 17.4 Å². The van der Waals surface area contributed by atoms with E-state index in [1.807, 2.05) is 33.3 Å². The van der Waals surface area contributed by atoms with Crippen LogP contribution in [0.1, 0.15) is 45.4 Å². The number of allylic oxidation sites excluding steroid dienone is 4. The van der Waals surface area contributed by atoms with Crippen molar-refractivity contribution in [1.82, 2.24) is 0 Å². The van der Waals surface area contributed by atoms with Gasteiger partial charge in [0.1, 0.15) is 6.54 Å². The molecule has 0 aliphatic carbocycles. The van der Waals surface area contributed by atoms with E-state index in [9.17, 15) is 14.7 Å². The maximum absolute atomic E-state index is 11.8. The third kappa shape index (κ3) is 15.1. The first-order valence-corrected chi connectivity index (χ1v) is 8.26. The molecule has 23 heavy (non-hydrogen) atoms. The molecule has 0 aliphatic rings. The molecule has 0 spiro atoms. The molecule has 1 unspecified atom stereocenters. The maximum Gasteiger partial charge on any atom is 0.306 e. The Bertz CT molecular complexity index is 408. The number of carboxylic acid groups (broad SMARTS) is 1. The summed E-state index contributed by atoms with van der Waals surface area (Å²) in [7, 11) is 5.78. The number of likely N-dealkylation sites (N-methyl/N-ethyl adjacent to an activating group) is 1. The molecular formula is C18H31NO4. The van der Waals surface area contributed by atoms with Gasteiger partial charge in [0.05, 0.1) is 21.1 Å². The second-order valence-corrected chi connectivity index (χ2v) is 6.67. The predicted molar refractivity (Wildman–Crippen MR) is 89.4 cm³/mol. The van der Waals surface area contributed by atoms with Crippen molar-refractivity contribution in [1.29, 1.82) is 0 Å². The van der Waals surface area contributed by atoms with E-state index in [1.54, 1.807) is 0 Å². The predicted octanol–water partition coefficient (Wildman–Crippen LogP) is 1.83. The maximum atomic E-state index is 11.8. The van der Waals surface area contributed by atoms with Crippen molar-refractivity contribution < 1.29 is 23.9 Å². The molecule has 5 nitrogen and oxygen atoms in total. The molecule has 132 valence electrons. The smallest absolute Gasteiger partial charge is 0.306 e. The molecule has 0 aromatic rings. The van der Waals surface area contributed by atoms with Crippen LogP contribution < -0.4 is 5.11 Å². The van der Waals surface area contributed by atoms with E-state index in [-0.39, 0.29) is 12.4 Å². The minimum Gasteiger partial charge on any atom is -0.550 e.